The number of aryl methyl sites for hydroxylation is 2. The third kappa shape index (κ3) is 6.88. The molecule has 0 saturated heterocycles. The highest BCUT2D eigenvalue weighted by Gasteiger charge is 2.31. The van der Waals surface area contributed by atoms with Crippen molar-refractivity contribution in [1.82, 2.24) is 4.98 Å². The second kappa shape index (κ2) is 10.6. The molecule has 3 rings (SSSR count). The Labute approximate surface area is 205 Å². The van der Waals surface area contributed by atoms with Gasteiger partial charge in [0, 0.05) is 17.5 Å². The number of anilines is 1. The lowest BCUT2D eigenvalue weighted by Gasteiger charge is -2.23. The number of carboxylic acids is 1. The van der Waals surface area contributed by atoms with E-state index in [1.54, 1.807) is 11.4 Å². The van der Waals surface area contributed by atoms with Crippen LogP contribution in [0.4, 0.5) is 18.3 Å². The van der Waals surface area contributed by atoms with Gasteiger partial charge in [0.05, 0.1) is 17.9 Å². The molecule has 10 heteroatoms. The number of aromatic nitrogens is 1. The summed E-state index contributed by atoms with van der Waals surface area (Å²) in [6.45, 7) is 7.74. The van der Waals surface area contributed by atoms with Crippen LogP contribution in [0.1, 0.15) is 37.0 Å². The number of hydrogen-bond donors (Lipinski definition) is 2. The van der Waals surface area contributed by atoms with Crippen LogP contribution in [0.15, 0.2) is 41.8 Å². The van der Waals surface area contributed by atoms with Crippen molar-refractivity contribution in [2.45, 2.75) is 45.9 Å². The van der Waals surface area contributed by atoms with Gasteiger partial charge in [-0.05, 0) is 69.5 Å². The Balaban J connectivity index is 1.49. The van der Waals surface area contributed by atoms with Crippen LogP contribution in [-0.4, -0.2) is 34.8 Å². The van der Waals surface area contributed by atoms with Crippen LogP contribution in [0.25, 0.3) is 11.3 Å². The maximum absolute atomic E-state index is 12.7. The second-order valence-electron chi connectivity index (χ2n) is 8.54. The van der Waals surface area contributed by atoms with Gasteiger partial charge in [-0.3, -0.25) is 0 Å². The van der Waals surface area contributed by atoms with E-state index in [9.17, 15) is 23.1 Å². The number of thiazole rings is 1. The fourth-order valence-electron chi connectivity index (χ4n) is 3.11. The summed E-state index contributed by atoms with van der Waals surface area (Å²) < 4.78 is 49.7. The number of benzene rings is 2. The molecule has 0 spiro atoms. The van der Waals surface area contributed by atoms with E-state index in [-0.39, 0.29) is 0 Å². The molecule has 2 N–H and O–H groups in total. The van der Waals surface area contributed by atoms with Gasteiger partial charge >= 0.3 is 12.1 Å². The molecule has 2 aromatic carbocycles. The molecule has 6 nitrogen and oxygen atoms in total. The summed E-state index contributed by atoms with van der Waals surface area (Å²) in [5.74, 6) is 0.146. The molecule has 0 unspecified atom stereocenters. The van der Waals surface area contributed by atoms with Crippen LogP contribution in [-0.2, 0) is 11.0 Å². The summed E-state index contributed by atoms with van der Waals surface area (Å²) in [6.07, 6.45) is -3.67. The minimum atomic E-state index is -4.36. The first-order valence-corrected chi connectivity index (χ1v) is 11.8. The summed E-state index contributed by atoms with van der Waals surface area (Å²) in [4.78, 5) is 15.8. The Hall–Kier alpha value is -3.27. The predicted octanol–water partition coefficient (Wildman–Crippen LogP) is 6.57. The Morgan fingerprint density at radius 3 is 2.34 bits per heavy atom. The van der Waals surface area contributed by atoms with E-state index in [1.807, 2.05) is 19.9 Å². The quantitative estimate of drug-likeness (QED) is 0.302. The first-order valence-electron chi connectivity index (χ1n) is 10.9. The maximum atomic E-state index is 12.7. The summed E-state index contributed by atoms with van der Waals surface area (Å²) in [5.41, 5.74) is 0.814. The highest BCUT2D eigenvalue weighted by Crippen LogP contribution is 2.32. The zero-order chi connectivity index (χ0) is 25.8. The van der Waals surface area contributed by atoms with Gasteiger partial charge in [0.2, 0.25) is 0 Å². The highest BCUT2D eigenvalue weighted by atomic mass is 32.1. The SMILES string of the molecule is Cc1cc(OC(C)(C)C(=O)O)c(C)cc1OCCCNc1nc(-c2ccc(C(F)(F)F)cc2)cs1. The van der Waals surface area contributed by atoms with Gasteiger partial charge in [-0.25, -0.2) is 9.78 Å². The summed E-state index contributed by atoms with van der Waals surface area (Å²) in [7, 11) is 0. The molecule has 188 valence electrons. The number of rotatable bonds is 10. The van der Waals surface area contributed by atoms with Gasteiger partial charge in [0.15, 0.2) is 10.7 Å². The molecule has 0 aliphatic carbocycles. The topological polar surface area (TPSA) is 80.7 Å². The van der Waals surface area contributed by atoms with Crippen LogP contribution < -0.4 is 14.8 Å². The molecular formula is C25H27F3N2O4S. The molecule has 0 radical (unpaired) electrons. The molecule has 0 amide bonds. The van der Waals surface area contributed by atoms with Gasteiger partial charge < -0.3 is 19.9 Å². The molecule has 0 fully saturated rings. The van der Waals surface area contributed by atoms with Crippen LogP contribution in [0, 0.1) is 13.8 Å². The lowest BCUT2D eigenvalue weighted by molar-refractivity contribution is -0.152. The fourth-order valence-corrected chi connectivity index (χ4v) is 3.86. The minimum absolute atomic E-state index is 0.450. The van der Waals surface area contributed by atoms with Crippen LogP contribution in [0.5, 0.6) is 11.5 Å². The third-order valence-electron chi connectivity index (χ3n) is 5.22. The lowest BCUT2D eigenvalue weighted by Crippen LogP contribution is -2.38. The van der Waals surface area contributed by atoms with Crippen molar-refractivity contribution >= 4 is 22.4 Å². The predicted molar refractivity (Wildman–Crippen MR) is 129 cm³/mol. The van der Waals surface area contributed by atoms with Crippen molar-refractivity contribution in [1.29, 1.82) is 0 Å². The second-order valence-corrected chi connectivity index (χ2v) is 9.40. The van der Waals surface area contributed by atoms with E-state index in [4.69, 9.17) is 9.47 Å². The summed E-state index contributed by atoms with van der Waals surface area (Å²) >= 11 is 1.38. The monoisotopic (exact) mass is 508 g/mol. The van der Waals surface area contributed by atoms with Crippen molar-refractivity contribution in [2.75, 3.05) is 18.5 Å². The summed E-state index contributed by atoms with van der Waals surface area (Å²) in [6, 6.07) is 8.53. The van der Waals surface area contributed by atoms with E-state index in [0.717, 1.165) is 23.3 Å². The molecule has 0 aliphatic heterocycles. The van der Waals surface area contributed by atoms with E-state index >= 15 is 0 Å². The Morgan fingerprint density at radius 2 is 1.71 bits per heavy atom. The molecule has 0 aliphatic rings. The van der Waals surface area contributed by atoms with E-state index in [2.05, 4.69) is 10.3 Å². The van der Waals surface area contributed by atoms with E-state index in [1.165, 1.54) is 37.3 Å². The van der Waals surface area contributed by atoms with Crippen molar-refractivity contribution in [3.8, 4) is 22.8 Å². The molecule has 0 bridgehead atoms. The number of halogens is 3. The molecule has 1 heterocycles. The number of aliphatic carboxylic acids is 1. The normalized spacial score (nSPS) is 11.9. The zero-order valence-corrected chi connectivity index (χ0v) is 20.6. The number of carbonyl (C=O) groups is 1. The maximum Gasteiger partial charge on any atom is 0.416 e. The van der Waals surface area contributed by atoms with Crippen LogP contribution >= 0.6 is 11.3 Å². The number of nitrogens with one attached hydrogen (secondary N) is 1. The highest BCUT2D eigenvalue weighted by molar-refractivity contribution is 7.14. The molecule has 0 saturated carbocycles. The molecule has 0 atom stereocenters. The number of alkyl halides is 3. The number of carboxylic acid groups (broad SMARTS) is 1. The average molecular weight is 509 g/mol. The first-order chi connectivity index (χ1) is 16.4. The summed E-state index contributed by atoms with van der Waals surface area (Å²) in [5, 5.41) is 14.9. The number of ether oxygens (including phenoxy) is 2. The molecule has 1 aromatic heterocycles. The van der Waals surface area contributed by atoms with Crippen LogP contribution in [0.3, 0.4) is 0 Å². The largest absolute Gasteiger partial charge is 0.493 e. The molecule has 35 heavy (non-hydrogen) atoms. The number of hydrogen-bond acceptors (Lipinski definition) is 6. The standard InChI is InChI=1S/C25H27F3N2O4S/c1-15-13-21(34-24(3,4)22(31)32)16(2)12-20(15)33-11-5-10-29-23-30-19(14-35-23)17-6-8-18(9-7-17)25(26,27)28/h6-9,12-14H,5,10-11H2,1-4H3,(H,29,30)(H,31,32). The lowest BCUT2D eigenvalue weighted by atomic mass is 10.1. The third-order valence-corrected chi connectivity index (χ3v) is 6.02. The van der Waals surface area contributed by atoms with E-state index in [0.29, 0.717) is 47.5 Å². The van der Waals surface area contributed by atoms with Gasteiger partial charge in [0.25, 0.3) is 0 Å². The molecule has 3 aromatic rings. The first kappa shape index (κ1) is 26.3. The van der Waals surface area contributed by atoms with Crippen molar-refractivity contribution in [2.24, 2.45) is 0 Å². The Kier molecular flexibility index (Phi) is 7.94. The van der Waals surface area contributed by atoms with Crippen LogP contribution in [0.2, 0.25) is 0 Å². The van der Waals surface area contributed by atoms with Crippen molar-refractivity contribution in [3.05, 3.63) is 58.5 Å². The number of nitrogens with zero attached hydrogens (tertiary/aromatic N) is 1. The van der Waals surface area contributed by atoms with Gasteiger partial charge in [-0.1, -0.05) is 12.1 Å². The Morgan fingerprint density at radius 1 is 1.09 bits per heavy atom. The Bertz CT molecular complexity index is 1170. The van der Waals surface area contributed by atoms with Gasteiger partial charge in [-0.15, -0.1) is 11.3 Å². The average Bonchev–Trinajstić information content (AvgIpc) is 3.25. The van der Waals surface area contributed by atoms with Crippen molar-refractivity contribution in [3.63, 3.8) is 0 Å². The van der Waals surface area contributed by atoms with Crippen molar-refractivity contribution < 1.29 is 32.5 Å². The fraction of sp³-hybridized carbons (Fsp3) is 0.360. The van der Waals surface area contributed by atoms with E-state index < -0.39 is 23.3 Å². The van der Waals surface area contributed by atoms with Gasteiger partial charge in [0.1, 0.15) is 11.5 Å². The van der Waals surface area contributed by atoms with Gasteiger partial charge in [-0.2, -0.15) is 13.2 Å². The zero-order valence-electron chi connectivity index (χ0n) is 19.8. The smallest absolute Gasteiger partial charge is 0.416 e. The molecular weight excluding hydrogens is 481 g/mol. The minimum Gasteiger partial charge on any atom is -0.493 e.